The van der Waals surface area contributed by atoms with Crippen LogP contribution >= 0.6 is 0 Å². The molecule has 1 heterocycles. The van der Waals surface area contributed by atoms with E-state index in [1.807, 2.05) is 6.07 Å². The average molecular weight is 428 g/mol. The van der Waals surface area contributed by atoms with Crippen LogP contribution in [-0.4, -0.2) is 44.3 Å². The molecule has 0 saturated carbocycles. The van der Waals surface area contributed by atoms with Gasteiger partial charge in [-0.2, -0.15) is 4.31 Å². The number of carbonyl (C=O) groups excluding carboxylic acids is 1. The molecule has 0 saturated heterocycles. The summed E-state index contributed by atoms with van der Waals surface area (Å²) in [5.41, 5.74) is 3.96. The van der Waals surface area contributed by atoms with Crippen LogP contribution < -0.4 is 10.1 Å². The first-order chi connectivity index (χ1) is 14.4. The molecular formula is C22H25N3O4S. The van der Waals surface area contributed by atoms with E-state index in [1.165, 1.54) is 18.3 Å². The molecular weight excluding hydrogens is 402 g/mol. The summed E-state index contributed by atoms with van der Waals surface area (Å²) in [4.78, 5) is 16.0. The summed E-state index contributed by atoms with van der Waals surface area (Å²) < 4.78 is 32.3. The normalized spacial score (nSPS) is 14.0. The number of benzene rings is 2. The highest BCUT2D eigenvalue weighted by atomic mass is 32.2. The van der Waals surface area contributed by atoms with Crippen LogP contribution in [0.4, 0.5) is 5.69 Å². The number of H-pyrrole nitrogens is 1. The summed E-state index contributed by atoms with van der Waals surface area (Å²) in [6.45, 7) is -0.280. The van der Waals surface area contributed by atoms with Crippen LogP contribution in [0.15, 0.2) is 47.4 Å². The summed E-state index contributed by atoms with van der Waals surface area (Å²) in [5.74, 6) is 0.265. The maximum atomic E-state index is 13.1. The molecule has 7 nitrogen and oxygen atoms in total. The van der Waals surface area contributed by atoms with Crippen LogP contribution in [0, 0.1) is 0 Å². The molecule has 3 aromatic rings. The minimum Gasteiger partial charge on any atom is -0.497 e. The molecule has 30 heavy (non-hydrogen) atoms. The van der Waals surface area contributed by atoms with Gasteiger partial charge in [0.1, 0.15) is 5.75 Å². The predicted molar refractivity (Wildman–Crippen MR) is 116 cm³/mol. The fraction of sp³-hybridized carbons (Fsp3) is 0.318. The summed E-state index contributed by atoms with van der Waals surface area (Å²) >= 11 is 0. The average Bonchev–Trinajstić information content (AvgIpc) is 3.12. The highest BCUT2D eigenvalue weighted by Gasteiger charge is 2.25. The summed E-state index contributed by atoms with van der Waals surface area (Å²) in [6, 6.07) is 12.0. The lowest BCUT2D eigenvalue weighted by Gasteiger charge is -2.17. The van der Waals surface area contributed by atoms with Gasteiger partial charge < -0.3 is 15.0 Å². The third-order valence-corrected chi connectivity index (χ3v) is 7.32. The molecule has 0 bridgehead atoms. The first-order valence-corrected chi connectivity index (χ1v) is 11.4. The van der Waals surface area contributed by atoms with E-state index in [0.717, 1.165) is 40.9 Å². The fourth-order valence-electron chi connectivity index (χ4n) is 3.89. The number of nitrogens with one attached hydrogen (secondary N) is 2. The lowest BCUT2D eigenvalue weighted by molar-refractivity contribution is -0.116. The number of amides is 1. The molecule has 2 N–H and O–H groups in total. The van der Waals surface area contributed by atoms with Crippen LogP contribution in [0.1, 0.15) is 24.1 Å². The molecule has 0 fully saturated rings. The highest BCUT2D eigenvalue weighted by Crippen LogP contribution is 2.31. The maximum absolute atomic E-state index is 13.1. The van der Waals surface area contributed by atoms with Crippen molar-refractivity contribution in [2.24, 2.45) is 0 Å². The Kier molecular flexibility index (Phi) is 5.53. The van der Waals surface area contributed by atoms with Gasteiger partial charge in [-0.25, -0.2) is 8.42 Å². The van der Waals surface area contributed by atoms with E-state index in [4.69, 9.17) is 4.74 Å². The molecule has 1 aliphatic carbocycles. The number of aryl methyl sites for hydroxylation is 2. The van der Waals surface area contributed by atoms with Crippen LogP contribution in [0.25, 0.3) is 10.9 Å². The molecule has 0 spiro atoms. The zero-order valence-electron chi connectivity index (χ0n) is 17.1. The van der Waals surface area contributed by atoms with Crippen molar-refractivity contribution in [3.63, 3.8) is 0 Å². The Balaban J connectivity index is 1.51. The molecule has 0 radical (unpaired) electrons. The van der Waals surface area contributed by atoms with E-state index in [1.54, 1.807) is 43.5 Å². The van der Waals surface area contributed by atoms with Crippen molar-refractivity contribution in [1.29, 1.82) is 0 Å². The molecule has 0 unspecified atom stereocenters. The number of likely N-dealkylation sites (N-methyl/N-ethyl adjacent to an activating group) is 1. The lowest BCUT2D eigenvalue weighted by Crippen LogP contribution is -2.34. The number of anilines is 1. The molecule has 0 atom stereocenters. The maximum Gasteiger partial charge on any atom is 0.243 e. The smallest absolute Gasteiger partial charge is 0.243 e. The zero-order chi connectivity index (χ0) is 21.3. The number of ether oxygens (including phenoxy) is 1. The second kappa shape index (κ2) is 8.12. The van der Waals surface area contributed by atoms with E-state index in [0.29, 0.717) is 11.4 Å². The van der Waals surface area contributed by atoms with E-state index in [2.05, 4.69) is 10.3 Å². The Morgan fingerprint density at radius 1 is 1.13 bits per heavy atom. The van der Waals surface area contributed by atoms with Gasteiger partial charge in [0.2, 0.25) is 15.9 Å². The monoisotopic (exact) mass is 427 g/mol. The number of fused-ring (bicyclic) bond motifs is 3. The minimum absolute atomic E-state index is 0.196. The number of aromatic nitrogens is 1. The first kappa shape index (κ1) is 20.4. The SMILES string of the molecule is COc1ccc(NC(=O)CN(C)S(=O)(=O)c2ccc3[nH]c4c(c3c2)CCCC4)cc1. The Morgan fingerprint density at radius 2 is 1.87 bits per heavy atom. The molecule has 0 aliphatic heterocycles. The van der Waals surface area contributed by atoms with Crippen molar-refractivity contribution < 1.29 is 17.9 Å². The second-order valence-corrected chi connectivity index (χ2v) is 9.58. The summed E-state index contributed by atoms with van der Waals surface area (Å²) in [6.07, 6.45) is 4.22. The molecule has 2 aromatic carbocycles. The molecule has 158 valence electrons. The van der Waals surface area contributed by atoms with Crippen molar-refractivity contribution in [3.8, 4) is 5.75 Å². The van der Waals surface area contributed by atoms with Crippen molar-refractivity contribution in [2.75, 3.05) is 26.0 Å². The lowest BCUT2D eigenvalue weighted by atomic mass is 9.96. The minimum atomic E-state index is -3.79. The van der Waals surface area contributed by atoms with Crippen LogP contribution in [0.3, 0.4) is 0 Å². The Bertz CT molecular complexity index is 1180. The number of hydrogen-bond donors (Lipinski definition) is 2. The van der Waals surface area contributed by atoms with Gasteiger partial charge >= 0.3 is 0 Å². The van der Waals surface area contributed by atoms with Gasteiger partial charge in [0.25, 0.3) is 0 Å². The first-order valence-electron chi connectivity index (χ1n) is 9.92. The van der Waals surface area contributed by atoms with Gasteiger partial charge in [0, 0.05) is 29.3 Å². The van der Waals surface area contributed by atoms with Crippen LogP contribution in [0.5, 0.6) is 5.75 Å². The number of nitrogens with zero attached hydrogens (tertiary/aromatic N) is 1. The summed E-state index contributed by atoms with van der Waals surface area (Å²) in [7, 11) is -0.814. The molecule has 4 rings (SSSR count). The van der Waals surface area contributed by atoms with Crippen molar-refractivity contribution in [3.05, 3.63) is 53.7 Å². The number of methoxy groups -OCH3 is 1. The predicted octanol–water partition coefficient (Wildman–Crippen LogP) is 3.31. The second-order valence-electron chi connectivity index (χ2n) is 7.53. The molecule has 1 amide bonds. The molecule has 8 heteroatoms. The Hall–Kier alpha value is -2.84. The standard InChI is InChI=1S/C22H25N3O4S/c1-25(14-22(26)23-15-7-9-16(29-2)10-8-15)30(27,28)17-11-12-21-19(13-17)18-5-3-4-6-20(18)24-21/h7-13,24H,3-6,14H2,1-2H3,(H,23,26). The number of sulfonamides is 1. The van der Waals surface area contributed by atoms with E-state index in [-0.39, 0.29) is 11.4 Å². The topological polar surface area (TPSA) is 91.5 Å². The van der Waals surface area contributed by atoms with E-state index in [9.17, 15) is 13.2 Å². The number of carbonyl (C=O) groups is 1. The van der Waals surface area contributed by atoms with E-state index >= 15 is 0 Å². The van der Waals surface area contributed by atoms with Gasteiger partial charge in [-0.05, 0) is 73.7 Å². The fourth-order valence-corrected chi connectivity index (χ4v) is 5.04. The zero-order valence-corrected chi connectivity index (χ0v) is 17.9. The quantitative estimate of drug-likeness (QED) is 0.631. The van der Waals surface area contributed by atoms with Gasteiger partial charge in [-0.15, -0.1) is 0 Å². The van der Waals surface area contributed by atoms with Gasteiger partial charge in [-0.3, -0.25) is 4.79 Å². The van der Waals surface area contributed by atoms with E-state index < -0.39 is 15.9 Å². The highest BCUT2D eigenvalue weighted by molar-refractivity contribution is 7.89. The van der Waals surface area contributed by atoms with Crippen molar-refractivity contribution in [1.82, 2.24) is 9.29 Å². The largest absolute Gasteiger partial charge is 0.497 e. The number of aromatic amines is 1. The Labute approximate surface area is 176 Å². The van der Waals surface area contributed by atoms with Crippen LogP contribution in [-0.2, 0) is 27.7 Å². The van der Waals surface area contributed by atoms with Crippen molar-refractivity contribution >= 4 is 32.5 Å². The Morgan fingerprint density at radius 3 is 2.60 bits per heavy atom. The molecule has 1 aliphatic rings. The third kappa shape index (κ3) is 3.93. The van der Waals surface area contributed by atoms with Gasteiger partial charge in [0.15, 0.2) is 0 Å². The number of hydrogen-bond acceptors (Lipinski definition) is 4. The summed E-state index contributed by atoms with van der Waals surface area (Å²) in [5, 5.41) is 3.67. The van der Waals surface area contributed by atoms with Crippen molar-refractivity contribution in [2.45, 2.75) is 30.6 Å². The van der Waals surface area contributed by atoms with Gasteiger partial charge in [0.05, 0.1) is 18.6 Å². The van der Waals surface area contributed by atoms with Gasteiger partial charge in [-0.1, -0.05) is 0 Å². The molecule has 1 aromatic heterocycles. The third-order valence-electron chi connectivity index (χ3n) is 5.52. The van der Waals surface area contributed by atoms with Crippen LogP contribution in [0.2, 0.25) is 0 Å². The number of rotatable bonds is 6.